The summed E-state index contributed by atoms with van der Waals surface area (Å²) in [5.41, 5.74) is 3.16. The van der Waals surface area contributed by atoms with Crippen LogP contribution in [-0.4, -0.2) is 62.3 Å². The fourth-order valence-electron chi connectivity index (χ4n) is 3.79. The molecule has 0 radical (unpaired) electrons. The van der Waals surface area contributed by atoms with Crippen molar-refractivity contribution in [2.75, 3.05) is 61.3 Å². The van der Waals surface area contributed by atoms with Crippen molar-refractivity contribution >= 4 is 34.9 Å². The fourth-order valence-corrected chi connectivity index (χ4v) is 4.41. The molecule has 1 aliphatic rings. The maximum atomic E-state index is 12.4. The fraction of sp³-hybridized carbons (Fsp3) is 0.320. The van der Waals surface area contributed by atoms with Gasteiger partial charge >= 0.3 is 0 Å². The van der Waals surface area contributed by atoms with Crippen LogP contribution < -0.4 is 24.6 Å². The van der Waals surface area contributed by atoms with Gasteiger partial charge in [0.25, 0.3) is 0 Å². The molecule has 0 aliphatic carbocycles. The van der Waals surface area contributed by atoms with E-state index in [9.17, 15) is 4.79 Å². The second kappa shape index (κ2) is 11.1. The molecule has 8 nitrogen and oxygen atoms in total. The molecule has 0 atom stereocenters. The van der Waals surface area contributed by atoms with Crippen LogP contribution in [0.25, 0.3) is 0 Å². The highest BCUT2D eigenvalue weighted by Gasteiger charge is 2.19. The Morgan fingerprint density at radius 1 is 0.941 bits per heavy atom. The molecule has 1 N–H and O–H groups in total. The Balaban J connectivity index is 1.27. The Hall–Kier alpha value is -3.46. The number of carbonyl (C=O) groups excluding carboxylic acids is 1. The zero-order valence-corrected chi connectivity index (χ0v) is 20.5. The monoisotopic (exact) mass is 479 g/mol. The van der Waals surface area contributed by atoms with Crippen molar-refractivity contribution in [1.29, 1.82) is 0 Å². The molecule has 0 saturated carbocycles. The Morgan fingerprint density at radius 3 is 2.26 bits per heavy atom. The summed E-state index contributed by atoms with van der Waals surface area (Å²) in [5, 5.41) is 12.3. The first-order valence-electron chi connectivity index (χ1n) is 11.1. The number of methoxy groups -OCH3 is 2. The number of amides is 1. The number of piperazine rings is 1. The second-order valence-corrected chi connectivity index (χ2v) is 8.98. The van der Waals surface area contributed by atoms with E-state index in [0.29, 0.717) is 22.2 Å². The Kier molecular flexibility index (Phi) is 7.74. The summed E-state index contributed by atoms with van der Waals surface area (Å²) in [4.78, 5) is 17.0. The molecule has 0 unspecified atom stereocenters. The summed E-state index contributed by atoms with van der Waals surface area (Å²) >= 11 is 1.35. The number of thioether (sulfide) groups is 1. The highest BCUT2D eigenvalue weighted by atomic mass is 32.2. The van der Waals surface area contributed by atoms with Gasteiger partial charge in [0.15, 0.2) is 5.82 Å². The molecule has 1 amide bonds. The molecule has 178 valence electrons. The second-order valence-electron chi connectivity index (χ2n) is 7.98. The van der Waals surface area contributed by atoms with Crippen molar-refractivity contribution in [3.05, 3.63) is 60.2 Å². The van der Waals surface area contributed by atoms with Crippen molar-refractivity contribution in [3.8, 4) is 11.5 Å². The van der Waals surface area contributed by atoms with E-state index in [1.165, 1.54) is 23.0 Å². The molecule has 1 aliphatic heterocycles. The van der Waals surface area contributed by atoms with Gasteiger partial charge in [-0.15, -0.1) is 10.2 Å². The number of benzene rings is 2. The molecule has 2 aromatic carbocycles. The highest BCUT2D eigenvalue weighted by molar-refractivity contribution is 7.99. The van der Waals surface area contributed by atoms with Gasteiger partial charge in [-0.25, -0.2) is 0 Å². The van der Waals surface area contributed by atoms with Gasteiger partial charge in [-0.3, -0.25) is 4.79 Å². The molecule has 4 rings (SSSR count). The minimum absolute atomic E-state index is 0.140. The Bertz CT molecular complexity index is 1100. The Labute approximate surface area is 204 Å². The van der Waals surface area contributed by atoms with Gasteiger partial charge in [-0.2, -0.15) is 0 Å². The van der Waals surface area contributed by atoms with Crippen molar-refractivity contribution in [1.82, 2.24) is 10.2 Å². The van der Waals surface area contributed by atoms with Gasteiger partial charge < -0.3 is 24.6 Å². The van der Waals surface area contributed by atoms with Gasteiger partial charge in [-0.1, -0.05) is 23.9 Å². The first kappa shape index (κ1) is 23.7. The van der Waals surface area contributed by atoms with Crippen LogP contribution in [-0.2, 0) is 4.79 Å². The molecular formula is C25H29N5O3S. The van der Waals surface area contributed by atoms with Crippen LogP contribution in [0.15, 0.2) is 59.6 Å². The predicted molar refractivity (Wildman–Crippen MR) is 137 cm³/mol. The van der Waals surface area contributed by atoms with Crippen LogP contribution in [0.3, 0.4) is 0 Å². The first-order chi connectivity index (χ1) is 16.5. The summed E-state index contributed by atoms with van der Waals surface area (Å²) in [7, 11) is 3.14. The number of aromatic nitrogens is 2. The minimum Gasteiger partial charge on any atom is -0.497 e. The van der Waals surface area contributed by atoms with Gasteiger partial charge in [0, 0.05) is 55.8 Å². The smallest absolute Gasteiger partial charge is 0.234 e. The van der Waals surface area contributed by atoms with Crippen molar-refractivity contribution in [3.63, 3.8) is 0 Å². The largest absolute Gasteiger partial charge is 0.497 e. The quantitative estimate of drug-likeness (QED) is 0.488. The van der Waals surface area contributed by atoms with Crippen LogP contribution in [0.1, 0.15) is 5.56 Å². The number of hydrogen-bond acceptors (Lipinski definition) is 8. The standard InChI is InChI=1S/C25H29N5O3S/c1-18-5-4-6-20(13-18)29-9-11-30(12-10-29)23-7-8-25(28-27-23)34-17-24(31)26-19-14-21(32-2)16-22(15-19)33-3/h4-8,13-16H,9-12,17H2,1-3H3,(H,26,31). The number of hydrogen-bond donors (Lipinski definition) is 1. The molecular weight excluding hydrogens is 450 g/mol. The zero-order chi connectivity index (χ0) is 23.9. The normalized spacial score (nSPS) is 13.5. The molecule has 1 saturated heterocycles. The third-order valence-electron chi connectivity index (χ3n) is 5.58. The summed E-state index contributed by atoms with van der Waals surface area (Å²) in [6, 6.07) is 17.8. The number of ether oxygens (including phenoxy) is 2. The average molecular weight is 480 g/mol. The van der Waals surface area contributed by atoms with Crippen LogP contribution in [0.5, 0.6) is 11.5 Å². The first-order valence-corrected chi connectivity index (χ1v) is 12.1. The van der Waals surface area contributed by atoms with Crippen molar-refractivity contribution in [2.45, 2.75) is 11.9 Å². The minimum atomic E-state index is -0.140. The van der Waals surface area contributed by atoms with E-state index in [0.717, 1.165) is 32.0 Å². The van der Waals surface area contributed by atoms with Crippen LogP contribution in [0.4, 0.5) is 17.2 Å². The van der Waals surface area contributed by atoms with E-state index < -0.39 is 0 Å². The lowest BCUT2D eigenvalue weighted by Crippen LogP contribution is -2.46. The van der Waals surface area contributed by atoms with E-state index in [4.69, 9.17) is 9.47 Å². The van der Waals surface area contributed by atoms with Crippen LogP contribution >= 0.6 is 11.8 Å². The SMILES string of the molecule is COc1cc(NC(=O)CSc2ccc(N3CCN(c4cccc(C)c4)CC3)nn2)cc(OC)c1. The summed E-state index contributed by atoms with van der Waals surface area (Å²) in [6.45, 7) is 5.78. The lowest BCUT2D eigenvalue weighted by molar-refractivity contribution is -0.113. The van der Waals surface area contributed by atoms with Gasteiger partial charge in [0.1, 0.15) is 16.5 Å². The number of carbonyl (C=O) groups is 1. The number of nitrogens with zero attached hydrogens (tertiary/aromatic N) is 4. The van der Waals surface area contributed by atoms with E-state index in [1.54, 1.807) is 32.4 Å². The van der Waals surface area contributed by atoms with Crippen LogP contribution in [0.2, 0.25) is 0 Å². The van der Waals surface area contributed by atoms with Crippen molar-refractivity contribution < 1.29 is 14.3 Å². The molecule has 0 bridgehead atoms. The summed E-state index contributed by atoms with van der Waals surface area (Å²) < 4.78 is 10.5. The number of rotatable bonds is 8. The molecule has 34 heavy (non-hydrogen) atoms. The van der Waals surface area contributed by atoms with E-state index in [-0.39, 0.29) is 11.7 Å². The number of nitrogens with one attached hydrogen (secondary N) is 1. The van der Waals surface area contributed by atoms with E-state index >= 15 is 0 Å². The van der Waals surface area contributed by atoms with Gasteiger partial charge in [0.2, 0.25) is 5.91 Å². The molecule has 1 aromatic heterocycles. The molecule has 1 fully saturated rings. The molecule has 2 heterocycles. The zero-order valence-electron chi connectivity index (χ0n) is 19.7. The van der Waals surface area contributed by atoms with Gasteiger partial charge in [0.05, 0.1) is 20.0 Å². The molecule has 0 spiro atoms. The topological polar surface area (TPSA) is 79.8 Å². The lowest BCUT2D eigenvalue weighted by Gasteiger charge is -2.36. The van der Waals surface area contributed by atoms with Crippen LogP contribution in [0, 0.1) is 6.92 Å². The Morgan fingerprint density at radius 2 is 1.65 bits per heavy atom. The predicted octanol–water partition coefficient (Wildman–Crippen LogP) is 3.86. The third kappa shape index (κ3) is 6.11. The van der Waals surface area contributed by atoms with Gasteiger partial charge in [-0.05, 0) is 36.8 Å². The molecule has 9 heteroatoms. The summed E-state index contributed by atoms with van der Waals surface area (Å²) in [5.74, 6) is 2.18. The highest BCUT2D eigenvalue weighted by Crippen LogP contribution is 2.26. The maximum absolute atomic E-state index is 12.4. The average Bonchev–Trinajstić information content (AvgIpc) is 2.87. The summed E-state index contributed by atoms with van der Waals surface area (Å²) in [6.07, 6.45) is 0. The number of anilines is 3. The van der Waals surface area contributed by atoms with Crippen molar-refractivity contribution in [2.24, 2.45) is 0 Å². The van der Waals surface area contributed by atoms with E-state index in [1.807, 2.05) is 12.1 Å². The third-order valence-corrected chi connectivity index (χ3v) is 6.50. The van der Waals surface area contributed by atoms with E-state index in [2.05, 4.69) is 56.5 Å². The molecule has 3 aromatic rings. The number of aryl methyl sites for hydroxylation is 1. The lowest BCUT2D eigenvalue weighted by atomic mass is 10.2. The maximum Gasteiger partial charge on any atom is 0.234 e.